The minimum Gasteiger partial charge on any atom is -0.121 e. The molecule has 0 amide bonds. The van der Waals surface area contributed by atoms with Crippen molar-refractivity contribution >= 4 is 27.7 Å². The van der Waals surface area contributed by atoms with Crippen molar-refractivity contribution in [3.63, 3.8) is 0 Å². The largest absolute Gasteiger partial charge is 0.121 e. The third-order valence-electron chi connectivity index (χ3n) is 2.64. The molecule has 17 heavy (non-hydrogen) atoms. The van der Waals surface area contributed by atoms with Crippen molar-refractivity contribution in [2.45, 2.75) is 24.5 Å². The van der Waals surface area contributed by atoms with Gasteiger partial charge in [0.2, 0.25) is 0 Å². The highest BCUT2D eigenvalue weighted by atomic mass is 79.9. The van der Waals surface area contributed by atoms with Gasteiger partial charge in [-0.15, -0.1) is 11.8 Å². The van der Waals surface area contributed by atoms with Gasteiger partial charge in [-0.2, -0.15) is 0 Å². The van der Waals surface area contributed by atoms with E-state index >= 15 is 0 Å². The van der Waals surface area contributed by atoms with Crippen LogP contribution in [0.4, 0.5) is 0 Å². The second-order valence-electron chi connectivity index (χ2n) is 4.18. The van der Waals surface area contributed by atoms with E-state index in [1.807, 2.05) is 11.8 Å². The van der Waals surface area contributed by atoms with Crippen molar-refractivity contribution in [1.82, 2.24) is 0 Å². The molecule has 0 atom stereocenters. The van der Waals surface area contributed by atoms with Crippen LogP contribution < -0.4 is 0 Å². The first-order chi connectivity index (χ1) is 8.15. The van der Waals surface area contributed by atoms with Crippen molar-refractivity contribution in [1.29, 1.82) is 0 Å². The maximum Gasteiger partial charge on any atom is 0.0232 e. The number of hydrogen-bond acceptors (Lipinski definition) is 1. The van der Waals surface area contributed by atoms with E-state index in [-0.39, 0.29) is 0 Å². The lowest BCUT2D eigenvalue weighted by Gasteiger charge is -2.06. The van der Waals surface area contributed by atoms with Crippen LogP contribution in [0.5, 0.6) is 0 Å². The number of rotatable bonds is 3. The molecule has 0 spiro atoms. The maximum absolute atomic E-state index is 3.45. The monoisotopic (exact) mass is 306 g/mol. The summed E-state index contributed by atoms with van der Waals surface area (Å²) in [5.74, 6) is 1.02. The SMILES string of the molecule is Cc1ccc(SCc2ccc(Br)cc2)c(C)c1. The average molecular weight is 307 g/mol. The number of aryl methyl sites for hydroxylation is 2. The van der Waals surface area contributed by atoms with E-state index in [0.29, 0.717) is 0 Å². The minimum atomic E-state index is 1.02. The van der Waals surface area contributed by atoms with Gasteiger partial charge in [0.05, 0.1) is 0 Å². The van der Waals surface area contributed by atoms with Crippen LogP contribution in [0.3, 0.4) is 0 Å². The van der Waals surface area contributed by atoms with Crippen molar-refractivity contribution in [2.75, 3.05) is 0 Å². The van der Waals surface area contributed by atoms with E-state index in [1.165, 1.54) is 21.6 Å². The predicted molar refractivity (Wildman–Crippen MR) is 79.6 cm³/mol. The van der Waals surface area contributed by atoms with E-state index in [1.54, 1.807) is 0 Å². The standard InChI is InChI=1S/C15H15BrS/c1-11-3-8-15(12(2)9-11)17-10-13-4-6-14(16)7-5-13/h3-9H,10H2,1-2H3. The van der Waals surface area contributed by atoms with E-state index < -0.39 is 0 Å². The first kappa shape index (κ1) is 12.7. The first-order valence-corrected chi connectivity index (χ1v) is 7.37. The lowest BCUT2D eigenvalue weighted by atomic mass is 10.2. The van der Waals surface area contributed by atoms with Crippen molar-refractivity contribution in [3.05, 3.63) is 63.6 Å². The van der Waals surface area contributed by atoms with Crippen LogP contribution in [-0.2, 0) is 5.75 Å². The fourth-order valence-electron chi connectivity index (χ4n) is 1.70. The Morgan fingerprint density at radius 3 is 2.35 bits per heavy atom. The van der Waals surface area contributed by atoms with Gasteiger partial charge in [0.15, 0.2) is 0 Å². The number of thioether (sulfide) groups is 1. The zero-order chi connectivity index (χ0) is 12.3. The van der Waals surface area contributed by atoms with Gasteiger partial charge in [-0.05, 0) is 43.2 Å². The van der Waals surface area contributed by atoms with Gasteiger partial charge in [-0.25, -0.2) is 0 Å². The quantitative estimate of drug-likeness (QED) is 0.688. The molecule has 0 aliphatic carbocycles. The summed E-state index contributed by atoms with van der Waals surface area (Å²) in [6.45, 7) is 4.31. The Kier molecular flexibility index (Phi) is 4.30. The summed E-state index contributed by atoms with van der Waals surface area (Å²) in [7, 11) is 0. The Morgan fingerprint density at radius 1 is 1.00 bits per heavy atom. The van der Waals surface area contributed by atoms with Gasteiger partial charge in [-0.3, -0.25) is 0 Å². The molecule has 2 aromatic rings. The van der Waals surface area contributed by atoms with E-state index in [4.69, 9.17) is 0 Å². The van der Waals surface area contributed by atoms with Crippen LogP contribution >= 0.6 is 27.7 Å². The minimum absolute atomic E-state index is 1.02. The van der Waals surface area contributed by atoms with E-state index in [9.17, 15) is 0 Å². The van der Waals surface area contributed by atoms with E-state index in [0.717, 1.165) is 10.2 Å². The fourth-order valence-corrected chi connectivity index (χ4v) is 2.93. The second-order valence-corrected chi connectivity index (χ2v) is 6.12. The molecule has 88 valence electrons. The highest BCUT2D eigenvalue weighted by molar-refractivity contribution is 9.10. The molecular formula is C15H15BrS. The molecule has 0 heterocycles. The van der Waals surface area contributed by atoms with Crippen molar-refractivity contribution in [2.24, 2.45) is 0 Å². The fraction of sp³-hybridized carbons (Fsp3) is 0.200. The van der Waals surface area contributed by atoms with Crippen molar-refractivity contribution < 1.29 is 0 Å². The van der Waals surface area contributed by atoms with Gasteiger partial charge < -0.3 is 0 Å². The third-order valence-corrected chi connectivity index (χ3v) is 4.41. The molecule has 0 radical (unpaired) electrons. The smallest absolute Gasteiger partial charge is 0.0232 e. The molecule has 0 aliphatic rings. The molecule has 0 N–H and O–H groups in total. The molecule has 0 saturated carbocycles. The van der Waals surface area contributed by atoms with Crippen LogP contribution in [0, 0.1) is 13.8 Å². The summed E-state index contributed by atoms with van der Waals surface area (Å²) in [6, 6.07) is 15.2. The van der Waals surface area contributed by atoms with Crippen LogP contribution in [0.2, 0.25) is 0 Å². The summed E-state index contributed by atoms with van der Waals surface area (Å²) < 4.78 is 1.14. The molecule has 2 heteroatoms. The molecular weight excluding hydrogens is 292 g/mol. The molecule has 0 saturated heterocycles. The van der Waals surface area contributed by atoms with Crippen molar-refractivity contribution in [3.8, 4) is 0 Å². The lowest BCUT2D eigenvalue weighted by Crippen LogP contribution is -1.84. The molecule has 0 aromatic heterocycles. The molecule has 0 fully saturated rings. The number of halogens is 1. The Bertz CT molecular complexity index is 503. The van der Waals surface area contributed by atoms with E-state index in [2.05, 4.69) is 72.2 Å². The van der Waals surface area contributed by atoms with Gasteiger partial charge in [-0.1, -0.05) is 45.8 Å². The average Bonchev–Trinajstić information content (AvgIpc) is 2.30. The lowest BCUT2D eigenvalue weighted by molar-refractivity contribution is 1.25. The summed E-state index contributed by atoms with van der Waals surface area (Å²) in [5.41, 5.74) is 4.06. The number of hydrogen-bond donors (Lipinski definition) is 0. The zero-order valence-electron chi connectivity index (χ0n) is 10.0. The van der Waals surface area contributed by atoms with Gasteiger partial charge in [0.25, 0.3) is 0 Å². The molecule has 0 bridgehead atoms. The van der Waals surface area contributed by atoms with Crippen LogP contribution in [0.15, 0.2) is 51.8 Å². The maximum atomic E-state index is 3.45. The van der Waals surface area contributed by atoms with Crippen LogP contribution in [0.25, 0.3) is 0 Å². The Balaban J connectivity index is 2.04. The highest BCUT2D eigenvalue weighted by Gasteiger charge is 2.00. The number of benzene rings is 2. The first-order valence-electron chi connectivity index (χ1n) is 5.59. The summed E-state index contributed by atoms with van der Waals surface area (Å²) >= 11 is 5.35. The second kappa shape index (κ2) is 5.74. The summed E-state index contributed by atoms with van der Waals surface area (Å²) in [6.07, 6.45) is 0. The summed E-state index contributed by atoms with van der Waals surface area (Å²) in [5, 5.41) is 0. The molecule has 0 unspecified atom stereocenters. The Morgan fingerprint density at radius 2 is 1.71 bits per heavy atom. The molecule has 0 nitrogen and oxygen atoms in total. The Hall–Kier alpha value is -0.730. The third kappa shape index (κ3) is 3.62. The van der Waals surface area contributed by atoms with Crippen LogP contribution in [-0.4, -0.2) is 0 Å². The summed E-state index contributed by atoms with van der Waals surface area (Å²) in [4.78, 5) is 1.37. The highest BCUT2D eigenvalue weighted by Crippen LogP contribution is 2.27. The molecule has 2 aromatic carbocycles. The van der Waals surface area contributed by atoms with Gasteiger partial charge in [0, 0.05) is 15.1 Å². The Labute approximate surface area is 116 Å². The van der Waals surface area contributed by atoms with Crippen LogP contribution in [0.1, 0.15) is 16.7 Å². The topological polar surface area (TPSA) is 0 Å². The predicted octanol–water partition coefficient (Wildman–Crippen LogP) is 5.36. The molecule has 2 rings (SSSR count). The zero-order valence-corrected chi connectivity index (χ0v) is 12.4. The molecule has 0 aliphatic heterocycles. The van der Waals surface area contributed by atoms with Gasteiger partial charge in [0.1, 0.15) is 0 Å². The normalized spacial score (nSPS) is 10.5. The van der Waals surface area contributed by atoms with Gasteiger partial charge >= 0.3 is 0 Å².